The average Bonchev–Trinajstić information content (AvgIpc) is 3.09. The van der Waals surface area contributed by atoms with Crippen LogP contribution in [0.5, 0.6) is 5.75 Å². The molecule has 1 aromatic carbocycles. The van der Waals surface area contributed by atoms with Gasteiger partial charge in [0.15, 0.2) is 5.96 Å². The summed E-state index contributed by atoms with van der Waals surface area (Å²) in [5.41, 5.74) is 0.691. The first kappa shape index (κ1) is 23.7. The average molecular weight is 498 g/mol. The molecule has 1 fully saturated rings. The molecular weight excluding hydrogens is 469 g/mol. The van der Waals surface area contributed by atoms with E-state index in [1.807, 2.05) is 13.0 Å². The lowest BCUT2D eigenvalue weighted by Crippen LogP contribution is -2.45. The summed E-state index contributed by atoms with van der Waals surface area (Å²) in [7, 11) is 1.73. The molecule has 1 atom stereocenters. The highest BCUT2D eigenvalue weighted by atomic mass is 127. The number of rotatable bonds is 9. The van der Waals surface area contributed by atoms with Crippen LogP contribution in [0.15, 0.2) is 29.3 Å². The van der Waals surface area contributed by atoms with Gasteiger partial charge in [0, 0.05) is 45.9 Å². The maximum atomic E-state index is 12.6. The molecule has 1 unspecified atom stereocenters. The van der Waals surface area contributed by atoms with Crippen molar-refractivity contribution in [2.45, 2.75) is 32.4 Å². The molecule has 0 aliphatic carbocycles. The van der Waals surface area contributed by atoms with E-state index in [9.17, 15) is 8.78 Å². The van der Waals surface area contributed by atoms with Gasteiger partial charge in [-0.15, -0.1) is 24.0 Å². The molecule has 0 amide bonds. The molecule has 1 aliphatic heterocycles. The molecule has 0 saturated carbocycles. The number of guanidine groups is 1. The van der Waals surface area contributed by atoms with Crippen LogP contribution in [-0.4, -0.2) is 58.5 Å². The van der Waals surface area contributed by atoms with Crippen LogP contribution in [-0.2, 0) is 4.74 Å². The normalized spacial score (nSPS) is 17.0. The minimum atomic E-state index is -2.83. The van der Waals surface area contributed by atoms with Crippen molar-refractivity contribution in [2.24, 2.45) is 4.99 Å². The Morgan fingerprint density at radius 3 is 2.85 bits per heavy atom. The zero-order chi connectivity index (χ0) is 18.8. The van der Waals surface area contributed by atoms with Crippen molar-refractivity contribution in [3.63, 3.8) is 0 Å². The fourth-order valence-corrected chi connectivity index (χ4v) is 2.92. The highest BCUT2D eigenvalue weighted by Gasteiger charge is 2.25. The van der Waals surface area contributed by atoms with Gasteiger partial charge in [0.25, 0.3) is 0 Å². The SMILES string of the molecule is CCOCCCNC(=NC)NC1CCN(c2ccccc2OC(F)F)C1.I. The van der Waals surface area contributed by atoms with Gasteiger partial charge in [-0.2, -0.15) is 8.78 Å². The van der Waals surface area contributed by atoms with Crippen molar-refractivity contribution in [1.82, 2.24) is 10.6 Å². The van der Waals surface area contributed by atoms with E-state index in [0.29, 0.717) is 12.2 Å². The molecule has 0 bridgehead atoms. The second-order valence-electron chi connectivity index (χ2n) is 5.97. The molecule has 0 aromatic heterocycles. The predicted molar refractivity (Wildman–Crippen MR) is 115 cm³/mol. The molecule has 0 radical (unpaired) electrons. The summed E-state index contributed by atoms with van der Waals surface area (Å²) in [4.78, 5) is 6.29. The Bertz CT molecular complexity index is 578. The van der Waals surface area contributed by atoms with Gasteiger partial charge in [-0.3, -0.25) is 4.99 Å². The van der Waals surface area contributed by atoms with Crippen LogP contribution in [0.4, 0.5) is 14.5 Å². The first-order valence-electron chi connectivity index (χ1n) is 8.97. The number of benzene rings is 1. The van der Waals surface area contributed by atoms with E-state index in [0.717, 1.165) is 45.1 Å². The lowest BCUT2D eigenvalue weighted by atomic mass is 10.2. The minimum Gasteiger partial charge on any atom is -0.433 e. The van der Waals surface area contributed by atoms with Crippen molar-refractivity contribution < 1.29 is 18.3 Å². The van der Waals surface area contributed by atoms with Crippen LogP contribution in [0, 0.1) is 0 Å². The zero-order valence-electron chi connectivity index (χ0n) is 15.8. The van der Waals surface area contributed by atoms with Gasteiger partial charge in [0.2, 0.25) is 0 Å². The Kier molecular flexibility index (Phi) is 11.3. The summed E-state index contributed by atoms with van der Waals surface area (Å²) >= 11 is 0. The lowest BCUT2D eigenvalue weighted by molar-refractivity contribution is -0.0495. The Morgan fingerprint density at radius 1 is 1.37 bits per heavy atom. The number of hydrogen-bond acceptors (Lipinski definition) is 4. The van der Waals surface area contributed by atoms with Gasteiger partial charge < -0.3 is 25.0 Å². The molecule has 1 aliphatic rings. The van der Waals surface area contributed by atoms with Gasteiger partial charge in [0.1, 0.15) is 5.75 Å². The molecule has 2 rings (SSSR count). The van der Waals surface area contributed by atoms with E-state index in [4.69, 9.17) is 4.74 Å². The van der Waals surface area contributed by atoms with E-state index < -0.39 is 6.61 Å². The number of halogens is 3. The number of alkyl halides is 2. The van der Waals surface area contributed by atoms with Crippen molar-refractivity contribution in [1.29, 1.82) is 0 Å². The lowest BCUT2D eigenvalue weighted by Gasteiger charge is -2.22. The van der Waals surface area contributed by atoms with Crippen LogP contribution in [0.1, 0.15) is 19.8 Å². The molecular formula is C18H29F2IN4O2. The van der Waals surface area contributed by atoms with Crippen molar-refractivity contribution in [3.8, 4) is 5.75 Å². The molecule has 154 valence electrons. The maximum Gasteiger partial charge on any atom is 0.387 e. The van der Waals surface area contributed by atoms with Gasteiger partial charge >= 0.3 is 6.61 Å². The van der Waals surface area contributed by atoms with Gasteiger partial charge in [0.05, 0.1) is 5.69 Å². The molecule has 0 spiro atoms. The second-order valence-corrected chi connectivity index (χ2v) is 5.97. The highest BCUT2D eigenvalue weighted by molar-refractivity contribution is 14.0. The number of ether oxygens (including phenoxy) is 2. The predicted octanol–water partition coefficient (Wildman–Crippen LogP) is 3.08. The number of nitrogens with zero attached hydrogens (tertiary/aromatic N) is 2. The quantitative estimate of drug-likeness (QED) is 0.237. The summed E-state index contributed by atoms with van der Waals surface area (Å²) in [5.74, 6) is 0.951. The smallest absolute Gasteiger partial charge is 0.387 e. The molecule has 2 N–H and O–H groups in total. The monoisotopic (exact) mass is 498 g/mol. The first-order valence-corrected chi connectivity index (χ1v) is 8.97. The topological polar surface area (TPSA) is 58.1 Å². The largest absolute Gasteiger partial charge is 0.433 e. The molecule has 1 aromatic rings. The minimum absolute atomic E-state index is 0. The van der Waals surface area contributed by atoms with E-state index >= 15 is 0 Å². The number of para-hydroxylation sites is 2. The molecule has 9 heteroatoms. The summed E-state index contributed by atoms with van der Waals surface area (Å²) in [6.45, 7) is 2.84. The molecule has 1 saturated heterocycles. The standard InChI is InChI=1S/C18H28F2N4O2.HI/c1-3-25-12-6-10-22-18(21-2)23-14-9-11-24(13-14)15-7-4-5-8-16(15)26-17(19)20;/h4-5,7-8,14,17H,3,6,9-13H2,1-2H3,(H2,21,22,23);1H. The number of hydrogen-bond donors (Lipinski definition) is 2. The van der Waals surface area contributed by atoms with Gasteiger partial charge in [-0.1, -0.05) is 12.1 Å². The summed E-state index contributed by atoms with van der Waals surface area (Å²) in [6, 6.07) is 7.09. The summed E-state index contributed by atoms with van der Waals surface area (Å²) < 4.78 is 35.1. The van der Waals surface area contributed by atoms with E-state index in [2.05, 4.69) is 25.3 Å². The van der Waals surface area contributed by atoms with Crippen LogP contribution in [0.3, 0.4) is 0 Å². The Hall–Kier alpha value is -1.36. The van der Waals surface area contributed by atoms with Crippen LogP contribution in [0.25, 0.3) is 0 Å². The van der Waals surface area contributed by atoms with E-state index in [1.165, 1.54) is 0 Å². The number of nitrogens with one attached hydrogen (secondary N) is 2. The molecule has 1 heterocycles. The van der Waals surface area contributed by atoms with Gasteiger partial charge in [-0.05, 0) is 31.9 Å². The van der Waals surface area contributed by atoms with E-state index in [1.54, 1.807) is 25.2 Å². The van der Waals surface area contributed by atoms with Crippen molar-refractivity contribution in [2.75, 3.05) is 44.8 Å². The third-order valence-corrected chi connectivity index (χ3v) is 4.14. The summed E-state index contributed by atoms with van der Waals surface area (Å²) in [5, 5.41) is 6.65. The number of aliphatic imine (C=N–C) groups is 1. The Balaban J connectivity index is 0.00000364. The van der Waals surface area contributed by atoms with Crippen LogP contribution in [0.2, 0.25) is 0 Å². The second kappa shape index (κ2) is 12.9. The van der Waals surface area contributed by atoms with Crippen molar-refractivity contribution in [3.05, 3.63) is 24.3 Å². The van der Waals surface area contributed by atoms with Crippen LogP contribution >= 0.6 is 24.0 Å². The summed E-state index contributed by atoms with van der Waals surface area (Å²) in [6.07, 6.45) is 1.80. The fourth-order valence-electron chi connectivity index (χ4n) is 2.92. The van der Waals surface area contributed by atoms with Gasteiger partial charge in [-0.25, -0.2) is 0 Å². The molecule has 27 heavy (non-hydrogen) atoms. The van der Waals surface area contributed by atoms with E-state index in [-0.39, 0.29) is 35.8 Å². The van der Waals surface area contributed by atoms with Crippen molar-refractivity contribution >= 4 is 35.6 Å². The Morgan fingerprint density at radius 2 is 2.15 bits per heavy atom. The third-order valence-electron chi connectivity index (χ3n) is 4.14. The fraction of sp³-hybridized carbons (Fsp3) is 0.611. The third kappa shape index (κ3) is 8.04. The Labute approximate surface area is 176 Å². The first-order chi connectivity index (χ1) is 12.6. The highest BCUT2D eigenvalue weighted by Crippen LogP contribution is 2.31. The van der Waals surface area contributed by atoms with Crippen LogP contribution < -0.4 is 20.3 Å². The zero-order valence-corrected chi connectivity index (χ0v) is 18.1. The maximum absolute atomic E-state index is 12.6. The molecule has 6 nitrogen and oxygen atoms in total. The number of anilines is 1.